The van der Waals surface area contributed by atoms with Gasteiger partial charge in [-0.15, -0.1) is 0 Å². The van der Waals surface area contributed by atoms with Gasteiger partial charge in [-0.3, -0.25) is 18.4 Å². The minimum absolute atomic E-state index is 0.104. The van der Waals surface area contributed by atoms with Gasteiger partial charge in [-0.05, 0) is 125 Å². The average Bonchev–Trinajstić information content (AvgIpc) is 1.53. The number of nitrogens with zero attached hydrogens (tertiary/aromatic N) is 4. The molecule has 18 rings (SSSR count). The Bertz CT molecular complexity index is 6010. The molecule has 0 radical (unpaired) electrons. The fourth-order valence-electron chi connectivity index (χ4n) is 14.4. The van der Waals surface area contributed by atoms with Crippen molar-refractivity contribution >= 4 is 76.5 Å². The maximum absolute atomic E-state index is 15.6. The Labute approximate surface area is 516 Å². The summed E-state index contributed by atoms with van der Waals surface area (Å²) in [6.07, 6.45) is 0. The van der Waals surface area contributed by atoms with Crippen LogP contribution in [0, 0.1) is 0 Å². The molecule has 4 heterocycles. The van der Waals surface area contributed by atoms with Gasteiger partial charge >= 0.3 is 0 Å². The number of rotatable bonds is 9. The first kappa shape index (κ1) is 51.1. The second-order valence-corrected chi connectivity index (χ2v) is 23.4. The average molecular weight is 1150 g/mol. The summed E-state index contributed by atoms with van der Waals surface area (Å²) < 4.78 is 3.76. The summed E-state index contributed by atoms with van der Waals surface area (Å²) in [7, 11) is 0. The molecule has 90 heavy (non-hydrogen) atoms. The highest BCUT2D eigenvalue weighted by Gasteiger charge is 2.28. The lowest BCUT2D eigenvalue weighted by atomic mass is 9.88. The van der Waals surface area contributed by atoms with Crippen molar-refractivity contribution in [3.8, 4) is 100 Å². The van der Waals surface area contributed by atoms with Crippen molar-refractivity contribution in [2.24, 2.45) is 0 Å². The minimum Gasteiger partial charge on any atom is -0.268 e. The number of pyridine rings is 2. The van der Waals surface area contributed by atoms with Crippen molar-refractivity contribution in [2.45, 2.75) is 0 Å². The fraction of sp³-hybridized carbons (Fsp3) is 0. The van der Waals surface area contributed by atoms with E-state index in [1.807, 2.05) is 63.4 Å². The SMILES string of the molecule is O=c1c2ccc(-c3ccc(-c4cccc(-c5cc(-c6ccccc6)c6nc7c8ccc(-c9ccccc9)c9cccc(c(=O)n7c6c5-c5ccccc5)c98)c4)cc3)c3cccc(c32)c2nc3c(-c4ccccc4)cc(-c4ccccc4)c(-c4ccccc4)c3n12. The smallest absolute Gasteiger partial charge is 0.264 e. The molecule has 0 spiro atoms. The summed E-state index contributed by atoms with van der Waals surface area (Å²) in [6.45, 7) is 0. The lowest BCUT2D eigenvalue weighted by Crippen LogP contribution is -2.14. The quantitative estimate of drug-likeness (QED) is 0.144. The van der Waals surface area contributed by atoms with Crippen LogP contribution in [0.3, 0.4) is 0 Å². The molecular weight excluding hydrogens is 1100 g/mol. The molecular formula is C84H50N4O2. The van der Waals surface area contributed by atoms with Crippen LogP contribution in [-0.2, 0) is 0 Å². The number of imidazole rings is 2. The van der Waals surface area contributed by atoms with Crippen molar-refractivity contribution in [1.29, 1.82) is 0 Å². The molecule has 418 valence electrons. The monoisotopic (exact) mass is 1150 g/mol. The summed E-state index contributed by atoms with van der Waals surface area (Å²) in [6, 6.07) is 105. The van der Waals surface area contributed by atoms with Gasteiger partial charge in [0.1, 0.15) is 11.3 Å². The first-order valence-electron chi connectivity index (χ1n) is 30.5. The first-order chi connectivity index (χ1) is 44.5. The van der Waals surface area contributed by atoms with Gasteiger partial charge in [0.2, 0.25) is 0 Å². The molecule has 0 aliphatic carbocycles. The number of fused-ring (bicyclic) bond motifs is 8. The maximum Gasteiger partial charge on any atom is 0.264 e. The van der Waals surface area contributed by atoms with Gasteiger partial charge < -0.3 is 0 Å². The van der Waals surface area contributed by atoms with Crippen molar-refractivity contribution in [1.82, 2.24) is 18.8 Å². The molecule has 4 aromatic heterocycles. The topological polar surface area (TPSA) is 68.7 Å². The number of hydrogen-bond donors (Lipinski definition) is 0. The molecule has 0 fully saturated rings. The lowest BCUT2D eigenvalue weighted by molar-refractivity contribution is 1.19. The van der Waals surface area contributed by atoms with Crippen LogP contribution in [0.1, 0.15) is 0 Å². The minimum atomic E-state index is -0.106. The zero-order chi connectivity index (χ0) is 59.6. The molecule has 0 aliphatic heterocycles. The van der Waals surface area contributed by atoms with Crippen molar-refractivity contribution in [2.75, 3.05) is 0 Å². The molecule has 0 saturated heterocycles. The van der Waals surface area contributed by atoms with Gasteiger partial charge in [0.15, 0.2) is 0 Å². The Morgan fingerprint density at radius 1 is 0.222 bits per heavy atom. The van der Waals surface area contributed by atoms with Gasteiger partial charge in [0.25, 0.3) is 11.1 Å². The summed E-state index contributed by atoms with van der Waals surface area (Å²) in [5.41, 5.74) is 22.4. The Hall–Kier alpha value is -12.1. The molecule has 0 atom stereocenters. The van der Waals surface area contributed by atoms with Crippen molar-refractivity contribution in [3.63, 3.8) is 0 Å². The third-order valence-electron chi connectivity index (χ3n) is 18.5. The molecule has 6 nitrogen and oxygen atoms in total. The van der Waals surface area contributed by atoms with Crippen LogP contribution in [0.2, 0.25) is 0 Å². The van der Waals surface area contributed by atoms with Crippen molar-refractivity contribution < 1.29 is 0 Å². The van der Waals surface area contributed by atoms with Gasteiger partial charge in [-0.1, -0.05) is 267 Å². The van der Waals surface area contributed by atoms with Crippen LogP contribution >= 0.6 is 0 Å². The van der Waals surface area contributed by atoms with E-state index in [0.717, 1.165) is 155 Å². The van der Waals surface area contributed by atoms with Gasteiger partial charge in [-0.25, -0.2) is 9.97 Å². The molecule has 0 amide bonds. The Kier molecular flexibility index (Phi) is 11.5. The number of benzene rings is 14. The summed E-state index contributed by atoms with van der Waals surface area (Å²) >= 11 is 0. The Balaban J connectivity index is 0.799. The van der Waals surface area contributed by atoms with Crippen LogP contribution in [0.5, 0.6) is 0 Å². The van der Waals surface area contributed by atoms with Crippen LogP contribution in [-0.4, -0.2) is 18.8 Å². The molecule has 18 aromatic rings. The summed E-state index contributed by atoms with van der Waals surface area (Å²) in [4.78, 5) is 42.2. The van der Waals surface area contributed by atoms with E-state index in [1.54, 1.807) is 0 Å². The van der Waals surface area contributed by atoms with Crippen LogP contribution < -0.4 is 11.1 Å². The molecule has 0 unspecified atom stereocenters. The van der Waals surface area contributed by atoms with E-state index in [4.69, 9.17) is 9.97 Å². The second kappa shape index (κ2) is 20.2. The predicted molar refractivity (Wildman–Crippen MR) is 373 cm³/mol. The van der Waals surface area contributed by atoms with Crippen LogP contribution in [0.4, 0.5) is 0 Å². The van der Waals surface area contributed by atoms with E-state index in [-0.39, 0.29) is 11.1 Å². The molecule has 6 heteroatoms. The molecule has 0 bridgehead atoms. The second-order valence-electron chi connectivity index (χ2n) is 23.4. The first-order valence-corrected chi connectivity index (χ1v) is 30.5. The highest BCUT2D eigenvalue weighted by Crippen LogP contribution is 2.48. The summed E-state index contributed by atoms with van der Waals surface area (Å²) in [5.74, 6) is 0. The summed E-state index contributed by atoms with van der Waals surface area (Å²) in [5, 5.41) is 6.95. The van der Waals surface area contributed by atoms with E-state index >= 15 is 9.59 Å². The van der Waals surface area contributed by atoms with Crippen LogP contribution in [0.15, 0.2) is 313 Å². The Morgan fingerprint density at radius 3 is 1.02 bits per heavy atom. The van der Waals surface area contributed by atoms with E-state index < -0.39 is 0 Å². The zero-order valence-corrected chi connectivity index (χ0v) is 48.5. The number of hydrogen-bond acceptors (Lipinski definition) is 4. The maximum atomic E-state index is 15.6. The van der Waals surface area contributed by atoms with Gasteiger partial charge in [-0.2, -0.15) is 0 Å². The van der Waals surface area contributed by atoms with Gasteiger partial charge in [0, 0.05) is 54.6 Å². The third kappa shape index (κ3) is 7.78. The standard InChI is InChI=1S/C84H50N4O2/c89-83-67-39-21-37-63-61(52-22-7-1-8-23-52)44-46-66(76(63)67)82-86-78-72(55-28-13-4-14-29-55)50-70(74(80(78)88(82)83)58-32-17-6-18-33-58)60-35-19-34-59(48-60)51-40-42-56(43-41-51)62-45-47-68-75-64(62)36-20-38-65(75)81-85-77-71(54-26-11-3-12-27-54)49-69(53-24-9-2-10-25-53)73(57-30-15-5-16-31-57)79(77)87(81)84(68)90/h1-50H. The number of aromatic nitrogens is 4. The predicted octanol–water partition coefficient (Wildman–Crippen LogP) is 20.5. The fourth-order valence-corrected chi connectivity index (χ4v) is 14.4. The van der Waals surface area contributed by atoms with E-state index in [2.05, 4.69) is 249 Å². The normalized spacial score (nSPS) is 11.9. The van der Waals surface area contributed by atoms with E-state index in [0.29, 0.717) is 22.1 Å². The molecule has 0 aliphatic rings. The molecule has 14 aromatic carbocycles. The third-order valence-corrected chi connectivity index (χ3v) is 18.5. The zero-order valence-electron chi connectivity index (χ0n) is 48.5. The van der Waals surface area contributed by atoms with E-state index in [9.17, 15) is 0 Å². The lowest BCUT2D eigenvalue weighted by Gasteiger charge is -2.17. The Morgan fingerprint density at radius 2 is 0.544 bits per heavy atom. The highest BCUT2D eigenvalue weighted by molar-refractivity contribution is 6.23. The van der Waals surface area contributed by atoms with Crippen molar-refractivity contribution in [3.05, 3.63) is 324 Å². The highest BCUT2D eigenvalue weighted by atomic mass is 16.1. The molecule has 0 saturated carbocycles. The van der Waals surface area contributed by atoms with Crippen LogP contribution in [0.25, 0.3) is 177 Å². The largest absolute Gasteiger partial charge is 0.268 e. The molecule has 0 N–H and O–H groups in total. The van der Waals surface area contributed by atoms with E-state index in [1.165, 1.54) is 0 Å². The van der Waals surface area contributed by atoms with Gasteiger partial charge in [0.05, 0.1) is 22.1 Å².